The lowest BCUT2D eigenvalue weighted by molar-refractivity contribution is -0.148. The van der Waals surface area contributed by atoms with Crippen molar-refractivity contribution in [2.75, 3.05) is 39.9 Å². The van der Waals surface area contributed by atoms with Crippen molar-refractivity contribution in [3.05, 3.63) is 0 Å². The van der Waals surface area contributed by atoms with Crippen LogP contribution >= 0.6 is 0 Å². The molecule has 124 valence electrons. The molecule has 22 heavy (non-hydrogen) atoms. The molecule has 2 saturated heterocycles. The summed E-state index contributed by atoms with van der Waals surface area (Å²) in [5.74, 6) is -1.77. The van der Waals surface area contributed by atoms with E-state index in [-0.39, 0.29) is 30.8 Å². The number of amides is 2. The Morgan fingerprint density at radius 3 is 2.59 bits per heavy atom. The van der Waals surface area contributed by atoms with Crippen LogP contribution in [0.4, 0.5) is 0 Å². The van der Waals surface area contributed by atoms with Gasteiger partial charge in [0.25, 0.3) is 0 Å². The second-order valence-corrected chi connectivity index (χ2v) is 6.13. The first kappa shape index (κ1) is 16.7. The molecule has 0 aromatic heterocycles. The molecule has 0 spiro atoms. The summed E-state index contributed by atoms with van der Waals surface area (Å²) in [6.45, 7) is 1.92. The largest absolute Gasteiger partial charge is 0.481 e. The van der Waals surface area contributed by atoms with E-state index in [4.69, 9.17) is 9.84 Å². The topological polar surface area (TPSA) is 87.2 Å². The molecule has 0 bridgehead atoms. The first-order valence-electron chi connectivity index (χ1n) is 7.82. The van der Waals surface area contributed by atoms with E-state index < -0.39 is 11.9 Å². The summed E-state index contributed by atoms with van der Waals surface area (Å²) in [6, 6.07) is 0. The molecule has 2 heterocycles. The average molecular weight is 312 g/mol. The number of ether oxygens (including phenoxy) is 1. The Kier molecular flexibility index (Phi) is 5.76. The first-order chi connectivity index (χ1) is 10.5. The molecule has 1 N–H and O–H groups in total. The summed E-state index contributed by atoms with van der Waals surface area (Å²) in [6.07, 6.45) is 2.96. The monoisotopic (exact) mass is 312 g/mol. The van der Waals surface area contributed by atoms with Crippen molar-refractivity contribution >= 4 is 17.8 Å². The van der Waals surface area contributed by atoms with Crippen molar-refractivity contribution in [2.24, 2.45) is 11.8 Å². The van der Waals surface area contributed by atoms with Gasteiger partial charge in [-0.3, -0.25) is 14.4 Å². The van der Waals surface area contributed by atoms with Crippen molar-refractivity contribution in [3.8, 4) is 0 Å². The van der Waals surface area contributed by atoms with Crippen molar-refractivity contribution in [2.45, 2.75) is 25.7 Å². The number of hydrogen-bond donors (Lipinski definition) is 1. The van der Waals surface area contributed by atoms with Crippen LogP contribution in [0.1, 0.15) is 25.7 Å². The van der Waals surface area contributed by atoms with Crippen LogP contribution in [-0.2, 0) is 19.1 Å². The van der Waals surface area contributed by atoms with E-state index >= 15 is 0 Å². The Hall–Kier alpha value is -1.63. The second-order valence-electron chi connectivity index (χ2n) is 6.13. The molecular weight excluding hydrogens is 288 g/mol. The van der Waals surface area contributed by atoms with Crippen LogP contribution in [0.15, 0.2) is 0 Å². The molecule has 0 radical (unpaired) electrons. The van der Waals surface area contributed by atoms with Gasteiger partial charge in [0, 0.05) is 26.7 Å². The molecule has 2 aliphatic rings. The fourth-order valence-electron chi connectivity index (χ4n) is 3.03. The summed E-state index contributed by atoms with van der Waals surface area (Å²) in [5, 5.41) is 9.06. The van der Waals surface area contributed by atoms with Crippen LogP contribution in [0.2, 0.25) is 0 Å². The van der Waals surface area contributed by atoms with Gasteiger partial charge in [-0.2, -0.15) is 0 Å². The number of aliphatic carboxylic acids is 1. The van der Waals surface area contributed by atoms with Crippen molar-refractivity contribution in [1.29, 1.82) is 0 Å². The summed E-state index contributed by atoms with van der Waals surface area (Å²) in [7, 11) is 1.62. The molecule has 2 amide bonds. The average Bonchev–Trinajstić information content (AvgIpc) is 2.54. The number of carboxylic acids is 1. The number of carboxylic acid groups (broad SMARTS) is 1. The van der Waals surface area contributed by atoms with Gasteiger partial charge < -0.3 is 19.6 Å². The highest BCUT2D eigenvalue weighted by atomic mass is 16.5. The molecule has 0 aliphatic carbocycles. The van der Waals surface area contributed by atoms with Crippen LogP contribution < -0.4 is 0 Å². The third kappa shape index (κ3) is 4.19. The van der Waals surface area contributed by atoms with E-state index in [0.29, 0.717) is 32.6 Å². The minimum absolute atomic E-state index is 0.00166. The fourth-order valence-corrected chi connectivity index (χ4v) is 3.03. The van der Waals surface area contributed by atoms with Crippen LogP contribution in [0, 0.1) is 11.8 Å². The zero-order chi connectivity index (χ0) is 16.1. The Morgan fingerprint density at radius 2 is 1.95 bits per heavy atom. The number of hydrogen-bond acceptors (Lipinski definition) is 4. The standard InChI is InChI=1S/C15H24N2O5/c1-16(14(19)12-5-3-7-22-10-12)9-13(18)17-6-2-4-11(8-17)15(20)21/h11-12H,2-10H2,1H3,(H,20,21)/t11-,12-/m0/s1. The molecule has 7 nitrogen and oxygen atoms in total. The number of nitrogens with zero attached hydrogens (tertiary/aromatic N) is 2. The first-order valence-corrected chi connectivity index (χ1v) is 7.82. The van der Waals surface area contributed by atoms with Gasteiger partial charge in [-0.05, 0) is 25.7 Å². The summed E-state index contributed by atoms with van der Waals surface area (Å²) < 4.78 is 5.31. The number of likely N-dealkylation sites (tertiary alicyclic amines) is 1. The number of rotatable bonds is 4. The molecule has 0 saturated carbocycles. The summed E-state index contributed by atoms with van der Waals surface area (Å²) in [5.41, 5.74) is 0. The van der Waals surface area contributed by atoms with Crippen LogP contribution in [0.5, 0.6) is 0 Å². The Labute approximate surface area is 130 Å². The number of carbonyl (C=O) groups excluding carboxylic acids is 2. The van der Waals surface area contributed by atoms with Gasteiger partial charge >= 0.3 is 5.97 Å². The molecular formula is C15H24N2O5. The fraction of sp³-hybridized carbons (Fsp3) is 0.800. The minimum atomic E-state index is -0.860. The van der Waals surface area contributed by atoms with E-state index in [1.807, 2.05) is 0 Å². The third-order valence-corrected chi connectivity index (χ3v) is 4.38. The maximum atomic E-state index is 12.3. The SMILES string of the molecule is CN(CC(=O)N1CCC[C@H](C(=O)O)C1)C(=O)[C@H]1CCCOC1. The smallest absolute Gasteiger partial charge is 0.308 e. The minimum Gasteiger partial charge on any atom is -0.481 e. The molecule has 2 aliphatic heterocycles. The van der Waals surface area contributed by atoms with Gasteiger partial charge in [0.15, 0.2) is 0 Å². The summed E-state index contributed by atoms with van der Waals surface area (Å²) >= 11 is 0. The lowest BCUT2D eigenvalue weighted by Crippen LogP contribution is -2.48. The number of piperidine rings is 1. The predicted molar refractivity (Wildman–Crippen MR) is 78.1 cm³/mol. The van der Waals surface area contributed by atoms with E-state index in [9.17, 15) is 14.4 Å². The molecule has 0 unspecified atom stereocenters. The number of carbonyl (C=O) groups is 3. The van der Waals surface area contributed by atoms with Gasteiger partial charge in [-0.1, -0.05) is 0 Å². The predicted octanol–water partition coefficient (Wildman–Crippen LogP) is 0.195. The van der Waals surface area contributed by atoms with E-state index in [1.54, 1.807) is 11.9 Å². The van der Waals surface area contributed by atoms with Gasteiger partial charge in [0.2, 0.25) is 11.8 Å². The second kappa shape index (κ2) is 7.58. The maximum Gasteiger partial charge on any atom is 0.308 e. The normalized spacial score (nSPS) is 25.6. The van der Waals surface area contributed by atoms with Crippen molar-refractivity contribution in [1.82, 2.24) is 9.80 Å². The lowest BCUT2D eigenvalue weighted by atomic mass is 9.98. The quantitative estimate of drug-likeness (QED) is 0.801. The molecule has 0 aromatic carbocycles. The van der Waals surface area contributed by atoms with Gasteiger partial charge in [-0.15, -0.1) is 0 Å². The Balaban J connectivity index is 1.84. The number of likely N-dealkylation sites (N-methyl/N-ethyl adjacent to an activating group) is 1. The zero-order valence-electron chi connectivity index (χ0n) is 13.0. The van der Waals surface area contributed by atoms with Gasteiger partial charge in [0.05, 0.1) is 25.0 Å². The zero-order valence-corrected chi connectivity index (χ0v) is 13.0. The van der Waals surface area contributed by atoms with Crippen LogP contribution in [0.3, 0.4) is 0 Å². The van der Waals surface area contributed by atoms with Crippen LogP contribution in [0.25, 0.3) is 0 Å². The lowest BCUT2D eigenvalue weighted by Gasteiger charge is -2.33. The Bertz CT molecular complexity index is 434. The van der Waals surface area contributed by atoms with E-state index in [2.05, 4.69) is 0 Å². The molecule has 0 aromatic rings. The van der Waals surface area contributed by atoms with E-state index in [1.165, 1.54) is 4.90 Å². The summed E-state index contributed by atoms with van der Waals surface area (Å²) in [4.78, 5) is 38.6. The maximum absolute atomic E-state index is 12.3. The highest BCUT2D eigenvalue weighted by Gasteiger charge is 2.30. The highest BCUT2D eigenvalue weighted by Crippen LogP contribution is 2.18. The Morgan fingerprint density at radius 1 is 1.23 bits per heavy atom. The highest BCUT2D eigenvalue weighted by molar-refractivity contribution is 5.86. The van der Waals surface area contributed by atoms with Gasteiger partial charge in [0.1, 0.15) is 0 Å². The van der Waals surface area contributed by atoms with Crippen molar-refractivity contribution in [3.63, 3.8) is 0 Å². The molecule has 2 atom stereocenters. The molecule has 7 heteroatoms. The third-order valence-electron chi connectivity index (χ3n) is 4.38. The molecule has 2 rings (SSSR count). The van der Waals surface area contributed by atoms with Crippen LogP contribution in [-0.4, -0.2) is 72.6 Å². The van der Waals surface area contributed by atoms with Gasteiger partial charge in [-0.25, -0.2) is 0 Å². The molecule has 2 fully saturated rings. The van der Waals surface area contributed by atoms with E-state index in [0.717, 1.165) is 12.8 Å². The van der Waals surface area contributed by atoms with Crippen molar-refractivity contribution < 1.29 is 24.2 Å².